The molecule has 0 aromatic carbocycles. The molecule has 8 heteroatoms. The largest absolute Gasteiger partial charge is 0.481 e. The monoisotopic (exact) mass is 396 g/mol. The van der Waals surface area contributed by atoms with Crippen molar-refractivity contribution < 1.29 is 29.0 Å². The van der Waals surface area contributed by atoms with E-state index in [1.165, 1.54) is 19.3 Å². The van der Waals surface area contributed by atoms with E-state index in [0.717, 1.165) is 37.0 Å². The smallest absolute Gasteiger partial charge is 0.409 e. The maximum Gasteiger partial charge on any atom is 0.409 e. The molecule has 4 aliphatic rings. The van der Waals surface area contributed by atoms with Gasteiger partial charge in [-0.25, -0.2) is 9.59 Å². The topological polar surface area (TPSA) is 114 Å². The number of hydrogen-bond donors (Lipinski definition) is 3. The third-order valence-corrected chi connectivity index (χ3v) is 6.04. The van der Waals surface area contributed by atoms with Gasteiger partial charge in [-0.1, -0.05) is 0 Å². The third-order valence-electron chi connectivity index (χ3n) is 6.04. The highest BCUT2D eigenvalue weighted by Crippen LogP contribution is 2.60. The van der Waals surface area contributed by atoms with E-state index in [0.29, 0.717) is 6.61 Å². The van der Waals surface area contributed by atoms with Crippen molar-refractivity contribution in [3.05, 3.63) is 0 Å². The van der Waals surface area contributed by atoms with Crippen LogP contribution in [-0.2, 0) is 14.3 Å². The summed E-state index contributed by atoms with van der Waals surface area (Å²) in [6, 6.07) is 0. The molecule has 28 heavy (non-hydrogen) atoms. The molecule has 0 aliphatic heterocycles. The Bertz CT molecular complexity index is 591. The average Bonchev–Trinajstić information content (AvgIpc) is 2.49. The zero-order valence-corrected chi connectivity index (χ0v) is 17.0. The van der Waals surface area contributed by atoms with Gasteiger partial charge in [0.1, 0.15) is 11.8 Å². The highest BCUT2D eigenvalue weighted by atomic mass is 16.6. The van der Waals surface area contributed by atoms with Gasteiger partial charge in [0.25, 0.3) is 0 Å². The van der Waals surface area contributed by atoms with Crippen LogP contribution in [0, 0.1) is 23.2 Å². The summed E-state index contributed by atoms with van der Waals surface area (Å²) in [6.45, 7) is 5.46. The molecule has 3 N–H and O–H groups in total. The van der Waals surface area contributed by atoms with Crippen molar-refractivity contribution in [1.82, 2.24) is 10.6 Å². The summed E-state index contributed by atoms with van der Waals surface area (Å²) in [5.74, 6) is 1.12. The first kappa shape index (κ1) is 20.7. The number of carbonyl (C=O) groups is 3. The highest BCUT2D eigenvalue weighted by Gasteiger charge is 2.51. The number of alkyl carbamates (subject to hydrolysis) is 2. The Labute approximate surface area is 165 Å². The van der Waals surface area contributed by atoms with Gasteiger partial charge in [0.05, 0.1) is 13.0 Å². The van der Waals surface area contributed by atoms with Crippen molar-refractivity contribution >= 4 is 18.2 Å². The normalized spacial score (nSPS) is 31.8. The second kappa shape index (κ2) is 7.79. The number of carboxylic acids is 1. The Morgan fingerprint density at radius 2 is 1.50 bits per heavy atom. The molecule has 0 aromatic heterocycles. The molecule has 4 rings (SSSR count). The molecule has 4 fully saturated rings. The average molecular weight is 396 g/mol. The molecule has 158 valence electrons. The van der Waals surface area contributed by atoms with Gasteiger partial charge in [0.2, 0.25) is 0 Å². The van der Waals surface area contributed by atoms with Crippen LogP contribution in [0.4, 0.5) is 9.59 Å². The number of hydrogen-bond acceptors (Lipinski definition) is 5. The fourth-order valence-corrected chi connectivity index (χ4v) is 5.63. The minimum absolute atomic E-state index is 0.0764. The van der Waals surface area contributed by atoms with Gasteiger partial charge in [-0.05, 0) is 77.0 Å². The number of nitrogens with one attached hydrogen (secondary N) is 2. The number of carboxylic acid groups (broad SMARTS) is 1. The second-order valence-electron chi connectivity index (χ2n) is 9.93. The number of aliphatic carboxylic acids is 1. The van der Waals surface area contributed by atoms with Gasteiger partial charge in [0, 0.05) is 5.41 Å². The molecule has 0 radical (unpaired) electrons. The van der Waals surface area contributed by atoms with Gasteiger partial charge in [0.15, 0.2) is 0 Å². The van der Waals surface area contributed by atoms with Crippen molar-refractivity contribution in [1.29, 1.82) is 0 Å². The van der Waals surface area contributed by atoms with E-state index >= 15 is 0 Å². The van der Waals surface area contributed by atoms with Crippen molar-refractivity contribution in [3.8, 4) is 0 Å². The molecule has 2 amide bonds. The van der Waals surface area contributed by atoms with Gasteiger partial charge >= 0.3 is 18.2 Å². The van der Waals surface area contributed by atoms with Gasteiger partial charge in [-0.2, -0.15) is 0 Å². The van der Waals surface area contributed by atoms with E-state index in [9.17, 15) is 14.4 Å². The predicted molar refractivity (Wildman–Crippen MR) is 100 cm³/mol. The minimum Gasteiger partial charge on any atom is -0.481 e. The lowest BCUT2D eigenvalue weighted by atomic mass is 9.50. The zero-order chi connectivity index (χ0) is 20.5. The van der Waals surface area contributed by atoms with E-state index in [2.05, 4.69) is 10.6 Å². The third kappa shape index (κ3) is 5.52. The zero-order valence-electron chi connectivity index (χ0n) is 17.0. The van der Waals surface area contributed by atoms with E-state index in [-0.39, 0.29) is 5.41 Å². The number of rotatable bonds is 6. The molecule has 1 atom stereocenters. The highest BCUT2D eigenvalue weighted by molar-refractivity contribution is 5.74. The summed E-state index contributed by atoms with van der Waals surface area (Å²) in [6.07, 6.45) is 4.20. The fourth-order valence-electron chi connectivity index (χ4n) is 5.63. The van der Waals surface area contributed by atoms with Crippen molar-refractivity contribution in [3.63, 3.8) is 0 Å². The van der Waals surface area contributed by atoms with Gasteiger partial charge < -0.3 is 25.2 Å². The number of amides is 2. The molecule has 0 heterocycles. The lowest BCUT2D eigenvalue weighted by Gasteiger charge is -2.56. The summed E-state index contributed by atoms with van der Waals surface area (Å²) < 4.78 is 10.6. The lowest BCUT2D eigenvalue weighted by Crippen LogP contribution is -2.52. The van der Waals surface area contributed by atoms with Crippen molar-refractivity contribution in [2.24, 2.45) is 23.2 Å². The quantitative estimate of drug-likeness (QED) is 0.594. The summed E-state index contributed by atoms with van der Waals surface area (Å²) in [7, 11) is 0. The molecular formula is C20H32N2O6. The van der Waals surface area contributed by atoms with Crippen LogP contribution >= 0.6 is 0 Å². The fraction of sp³-hybridized carbons (Fsp3) is 0.850. The summed E-state index contributed by atoms with van der Waals surface area (Å²) in [4.78, 5) is 35.2. The minimum atomic E-state index is -1.15. The predicted octanol–water partition coefficient (Wildman–Crippen LogP) is 3.25. The summed E-state index contributed by atoms with van der Waals surface area (Å²) >= 11 is 0. The van der Waals surface area contributed by atoms with E-state index in [1.54, 1.807) is 20.8 Å². The number of ether oxygens (including phenoxy) is 2. The first-order chi connectivity index (χ1) is 13.0. The maximum absolute atomic E-state index is 12.3. The maximum atomic E-state index is 12.3. The SMILES string of the molecule is CC(C)(C)OC(=O)NC(CC(=O)O)NC(=O)OCC12CC3CC(CC(C3)C1)C2. The van der Waals surface area contributed by atoms with Crippen LogP contribution < -0.4 is 10.6 Å². The Morgan fingerprint density at radius 3 is 1.96 bits per heavy atom. The van der Waals surface area contributed by atoms with Crippen LogP contribution in [0.1, 0.15) is 65.7 Å². The van der Waals surface area contributed by atoms with E-state index in [4.69, 9.17) is 14.6 Å². The standard InChI is InChI=1S/C20H32N2O6/c1-19(2,3)28-18(26)22-15(7-16(23)24)21-17(25)27-11-20-8-12-4-13(9-20)6-14(5-12)10-20/h12-15H,4-11H2,1-3H3,(H,21,25)(H,22,26)(H,23,24). The molecule has 4 saturated carbocycles. The van der Waals surface area contributed by atoms with Crippen LogP contribution in [0.2, 0.25) is 0 Å². The lowest BCUT2D eigenvalue weighted by molar-refractivity contribution is -0.137. The first-order valence-electron chi connectivity index (χ1n) is 10.2. The second-order valence-corrected chi connectivity index (χ2v) is 9.93. The summed E-state index contributed by atoms with van der Waals surface area (Å²) in [5, 5.41) is 13.9. The molecule has 4 aliphatic carbocycles. The Kier molecular flexibility index (Phi) is 5.77. The van der Waals surface area contributed by atoms with Crippen LogP contribution in [0.25, 0.3) is 0 Å². The van der Waals surface area contributed by atoms with E-state index < -0.39 is 36.3 Å². The Hall–Kier alpha value is -1.99. The van der Waals surface area contributed by atoms with Crippen LogP contribution in [0.5, 0.6) is 0 Å². The molecule has 0 spiro atoms. The summed E-state index contributed by atoms with van der Waals surface area (Å²) in [5.41, 5.74) is -0.649. The van der Waals surface area contributed by atoms with Crippen LogP contribution in [0.3, 0.4) is 0 Å². The van der Waals surface area contributed by atoms with Crippen LogP contribution in [-0.4, -0.2) is 41.6 Å². The van der Waals surface area contributed by atoms with Gasteiger partial charge in [-0.3, -0.25) is 4.79 Å². The molecule has 1 unspecified atom stereocenters. The molecule has 0 saturated heterocycles. The molecular weight excluding hydrogens is 364 g/mol. The Balaban J connectivity index is 1.51. The molecule has 4 bridgehead atoms. The van der Waals surface area contributed by atoms with Gasteiger partial charge in [-0.15, -0.1) is 0 Å². The number of carbonyl (C=O) groups excluding carboxylic acids is 2. The first-order valence-corrected chi connectivity index (χ1v) is 10.2. The molecule has 0 aromatic rings. The van der Waals surface area contributed by atoms with Crippen molar-refractivity contribution in [2.75, 3.05) is 6.61 Å². The van der Waals surface area contributed by atoms with E-state index in [1.807, 2.05) is 0 Å². The van der Waals surface area contributed by atoms with Crippen molar-refractivity contribution in [2.45, 2.75) is 77.5 Å². The van der Waals surface area contributed by atoms with Crippen LogP contribution in [0.15, 0.2) is 0 Å². The Morgan fingerprint density at radius 1 is 1.00 bits per heavy atom. The molecule has 8 nitrogen and oxygen atoms in total.